The van der Waals surface area contributed by atoms with E-state index in [9.17, 15) is 4.39 Å². The molecule has 1 saturated heterocycles. The number of likely N-dealkylation sites (tertiary alicyclic amines) is 1. The van der Waals surface area contributed by atoms with Crippen LogP contribution in [-0.2, 0) is 0 Å². The van der Waals surface area contributed by atoms with E-state index in [1.165, 1.54) is 76.6 Å². The molecular formula is C24H30ClFN4. The summed E-state index contributed by atoms with van der Waals surface area (Å²) in [4.78, 5) is 2.80. The minimum atomic E-state index is -0.325. The van der Waals surface area contributed by atoms with Gasteiger partial charge >= 0.3 is 0 Å². The molecule has 3 aliphatic rings. The maximum atomic E-state index is 13.5. The highest BCUT2D eigenvalue weighted by atomic mass is 35.5. The average molecular weight is 429 g/mol. The van der Waals surface area contributed by atoms with Crippen LogP contribution < -0.4 is 5.32 Å². The van der Waals surface area contributed by atoms with Gasteiger partial charge in [-0.3, -0.25) is 4.90 Å². The fourth-order valence-corrected chi connectivity index (χ4v) is 6.05. The summed E-state index contributed by atoms with van der Waals surface area (Å²) in [5.74, 6) is 2.08. The standard InChI is InChI=1S/C24H30ClFN4/c25-22-8-7-18(26)13-21(22)23-9-10-24(29-28-23)27-19-11-16-14-30(15-17(16)12-19)20-5-3-1-2-4-6-20/h7-10,13,16-17,19-20H,1-6,11-12,14-15H2,(H,27,29)/t16-,17+,19-. The third-order valence-corrected chi connectivity index (χ3v) is 7.67. The van der Waals surface area contributed by atoms with Crippen molar-refractivity contribution in [3.05, 3.63) is 41.2 Å². The van der Waals surface area contributed by atoms with Crippen molar-refractivity contribution in [2.75, 3.05) is 18.4 Å². The molecule has 0 unspecified atom stereocenters. The molecule has 5 rings (SSSR count). The summed E-state index contributed by atoms with van der Waals surface area (Å²) in [5, 5.41) is 12.7. The third kappa shape index (κ3) is 4.33. The van der Waals surface area contributed by atoms with Gasteiger partial charge in [0.15, 0.2) is 0 Å². The van der Waals surface area contributed by atoms with Crippen molar-refractivity contribution in [2.24, 2.45) is 11.8 Å². The number of nitrogens with zero attached hydrogens (tertiary/aromatic N) is 3. The van der Waals surface area contributed by atoms with Gasteiger partial charge < -0.3 is 5.32 Å². The van der Waals surface area contributed by atoms with Crippen LogP contribution >= 0.6 is 11.6 Å². The Bertz CT molecular complexity index is 852. The Kier molecular flexibility index (Phi) is 5.92. The van der Waals surface area contributed by atoms with E-state index in [1.54, 1.807) is 6.07 Å². The quantitative estimate of drug-likeness (QED) is 0.626. The second kappa shape index (κ2) is 8.80. The molecule has 2 saturated carbocycles. The van der Waals surface area contributed by atoms with Crippen molar-refractivity contribution >= 4 is 17.4 Å². The summed E-state index contributed by atoms with van der Waals surface area (Å²) >= 11 is 6.19. The first-order valence-corrected chi connectivity index (χ1v) is 11.8. The maximum Gasteiger partial charge on any atom is 0.148 e. The average Bonchev–Trinajstić information content (AvgIpc) is 3.17. The summed E-state index contributed by atoms with van der Waals surface area (Å²) in [6, 6.07) is 9.39. The van der Waals surface area contributed by atoms with Crippen molar-refractivity contribution < 1.29 is 4.39 Å². The van der Waals surface area contributed by atoms with Crippen LogP contribution in [0.25, 0.3) is 11.3 Å². The Labute approximate surface area is 183 Å². The molecule has 0 bridgehead atoms. The minimum absolute atomic E-state index is 0.325. The van der Waals surface area contributed by atoms with Gasteiger partial charge in [0.25, 0.3) is 0 Å². The number of aromatic nitrogens is 2. The van der Waals surface area contributed by atoms with Crippen molar-refractivity contribution in [1.82, 2.24) is 15.1 Å². The number of nitrogens with one attached hydrogen (secondary N) is 1. The molecule has 3 atom stereocenters. The zero-order valence-corrected chi connectivity index (χ0v) is 18.1. The molecule has 1 N–H and O–H groups in total. The molecule has 2 aromatic rings. The van der Waals surface area contributed by atoms with Gasteiger partial charge in [-0.05, 0) is 67.9 Å². The first-order chi connectivity index (χ1) is 14.7. The lowest BCUT2D eigenvalue weighted by Crippen LogP contribution is -2.34. The highest BCUT2D eigenvalue weighted by molar-refractivity contribution is 6.33. The van der Waals surface area contributed by atoms with E-state index in [2.05, 4.69) is 20.4 Å². The summed E-state index contributed by atoms with van der Waals surface area (Å²) in [6.07, 6.45) is 10.9. The van der Waals surface area contributed by atoms with Crippen LogP contribution in [0.1, 0.15) is 51.4 Å². The number of fused-ring (bicyclic) bond motifs is 1. The predicted octanol–water partition coefficient (Wildman–Crippen LogP) is 5.78. The zero-order valence-electron chi connectivity index (χ0n) is 17.4. The first-order valence-electron chi connectivity index (χ1n) is 11.5. The molecule has 0 spiro atoms. The molecule has 2 aliphatic carbocycles. The van der Waals surface area contributed by atoms with Crippen LogP contribution in [-0.4, -0.2) is 40.3 Å². The predicted molar refractivity (Wildman–Crippen MR) is 119 cm³/mol. The monoisotopic (exact) mass is 428 g/mol. The smallest absolute Gasteiger partial charge is 0.148 e. The lowest BCUT2D eigenvalue weighted by Gasteiger charge is -2.28. The van der Waals surface area contributed by atoms with E-state index < -0.39 is 0 Å². The fourth-order valence-electron chi connectivity index (χ4n) is 5.83. The molecule has 4 nitrogen and oxygen atoms in total. The van der Waals surface area contributed by atoms with Crippen LogP contribution in [0.15, 0.2) is 30.3 Å². The fraction of sp³-hybridized carbons (Fsp3) is 0.583. The van der Waals surface area contributed by atoms with Crippen molar-refractivity contribution in [3.63, 3.8) is 0 Å². The van der Waals surface area contributed by atoms with Crippen LogP contribution in [0.2, 0.25) is 5.02 Å². The third-order valence-electron chi connectivity index (χ3n) is 7.34. The number of rotatable bonds is 4. The lowest BCUT2D eigenvalue weighted by molar-refractivity contribution is 0.204. The molecule has 30 heavy (non-hydrogen) atoms. The van der Waals surface area contributed by atoms with Crippen molar-refractivity contribution in [3.8, 4) is 11.3 Å². The zero-order chi connectivity index (χ0) is 20.5. The first kappa shape index (κ1) is 20.2. The van der Waals surface area contributed by atoms with Gasteiger partial charge in [-0.15, -0.1) is 10.2 Å². The topological polar surface area (TPSA) is 41.0 Å². The van der Waals surface area contributed by atoms with Gasteiger partial charge in [-0.25, -0.2) is 4.39 Å². The molecule has 1 aromatic heterocycles. The SMILES string of the molecule is Fc1ccc(Cl)c(-c2ccc(N[C@@H]3C[C@@H]4CN(C5CCCCCC5)C[C@@H]4C3)nn2)c1. The number of hydrogen-bond donors (Lipinski definition) is 1. The Morgan fingerprint density at radius 1 is 0.933 bits per heavy atom. The van der Waals surface area contributed by atoms with Gasteiger partial charge in [0.05, 0.1) is 10.7 Å². The number of anilines is 1. The summed E-state index contributed by atoms with van der Waals surface area (Å²) in [6.45, 7) is 2.55. The van der Waals surface area contributed by atoms with Crippen LogP contribution in [0.4, 0.5) is 10.2 Å². The molecule has 0 radical (unpaired) electrons. The number of hydrogen-bond acceptors (Lipinski definition) is 4. The van der Waals surface area contributed by atoms with Crippen molar-refractivity contribution in [1.29, 1.82) is 0 Å². The largest absolute Gasteiger partial charge is 0.366 e. The highest BCUT2D eigenvalue weighted by Crippen LogP contribution is 2.41. The Balaban J connectivity index is 1.17. The number of benzene rings is 1. The van der Waals surface area contributed by atoms with E-state index in [4.69, 9.17) is 11.6 Å². The summed E-state index contributed by atoms with van der Waals surface area (Å²) in [7, 11) is 0. The molecular weight excluding hydrogens is 399 g/mol. The molecule has 3 fully saturated rings. The molecule has 1 aromatic carbocycles. The number of halogens is 2. The van der Waals surface area contributed by atoms with Crippen LogP contribution in [0, 0.1) is 17.7 Å². The van der Waals surface area contributed by atoms with E-state index >= 15 is 0 Å². The molecule has 160 valence electrons. The maximum absolute atomic E-state index is 13.5. The normalized spacial score (nSPS) is 27.7. The van der Waals surface area contributed by atoms with Gasteiger partial charge in [0.1, 0.15) is 11.6 Å². The molecule has 1 aliphatic heterocycles. The van der Waals surface area contributed by atoms with Gasteiger partial charge in [-0.2, -0.15) is 0 Å². The second-order valence-corrected chi connectivity index (χ2v) is 9.77. The molecule has 0 amide bonds. The van der Waals surface area contributed by atoms with E-state index in [-0.39, 0.29) is 5.82 Å². The van der Waals surface area contributed by atoms with Gasteiger partial charge in [0, 0.05) is 30.7 Å². The molecule has 2 heterocycles. The Morgan fingerprint density at radius 2 is 1.67 bits per heavy atom. The van der Waals surface area contributed by atoms with E-state index in [0.29, 0.717) is 22.3 Å². The van der Waals surface area contributed by atoms with E-state index in [1.807, 2.05) is 12.1 Å². The van der Waals surface area contributed by atoms with Crippen molar-refractivity contribution in [2.45, 2.75) is 63.5 Å². The highest BCUT2D eigenvalue weighted by Gasteiger charge is 2.42. The Morgan fingerprint density at radius 3 is 2.33 bits per heavy atom. The van der Waals surface area contributed by atoms with Crippen LogP contribution in [0.3, 0.4) is 0 Å². The second-order valence-electron chi connectivity index (χ2n) is 9.36. The van der Waals surface area contributed by atoms with Gasteiger partial charge in [0.2, 0.25) is 0 Å². The minimum Gasteiger partial charge on any atom is -0.366 e. The Hall–Kier alpha value is -1.72. The van der Waals surface area contributed by atoms with E-state index in [0.717, 1.165) is 23.7 Å². The molecule has 6 heteroatoms. The lowest BCUT2D eigenvalue weighted by atomic mass is 10.0. The van der Waals surface area contributed by atoms with Gasteiger partial charge in [-0.1, -0.05) is 37.3 Å². The summed E-state index contributed by atoms with van der Waals surface area (Å²) < 4.78 is 13.5. The van der Waals surface area contributed by atoms with Crippen LogP contribution in [0.5, 0.6) is 0 Å². The summed E-state index contributed by atoms with van der Waals surface area (Å²) in [5.41, 5.74) is 1.16.